The number of halogens is 2. The van der Waals surface area contributed by atoms with Gasteiger partial charge in [0.25, 0.3) is 0 Å². The van der Waals surface area contributed by atoms with Crippen molar-refractivity contribution in [2.75, 3.05) is 25.4 Å². The molecule has 1 fully saturated rings. The highest BCUT2D eigenvalue weighted by atomic mass is 35.5. The number of hydrogen-bond acceptors (Lipinski definition) is 4. The molecule has 8 heteroatoms. The van der Waals surface area contributed by atoms with Gasteiger partial charge in [0, 0.05) is 11.6 Å². The van der Waals surface area contributed by atoms with Crippen molar-refractivity contribution < 1.29 is 22.7 Å². The van der Waals surface area contributed by atoms with E-state index in [0.717, 1.165) is 38.1 Å². The van der Waals surface area contributed by atoms with Crippen LogP contribution in [0.4, 0.5) is 4.39 Å². The summed E-state index contributed by atoms with van der Waals surface area (Å²) >= 11 is 5.69. The Morgan fingerprint density at radius 2 is 1.95 bits per heavy atom. The maximum Gasteiger partial charge on any atom is 0.338 e. The third kappa shape index (κ3) is 3.72. The molecule has 0 aliphatic carbocycles. The lowest BCUT2D eigenvalue weighted by molar-refractivity contribution is 0.0691. The lowest BCUT2D eigenvalue weighted by Crippen LogP contribution is -2.27. The van der Waals surface area contributed by atoms with Crippen molar-refractivity contribution in [3.63, 3.8) is 0 Å². The minimum absolute atomic E-state index is 0.117. The summed E-state index contributed by atoms with van der Waals surface area (Å²) in [5.41, 5.74) is -0.734. The first-order valence-corrected chi connectivity index (χ1v) is 8.52. The third-order valence-corrected chi connectivity index (χ3v) is 5.35. The number of likely N-dealkylation sites (tertiary alicyclic amines) is 1. The summed E-state index contributed by atoms with van der Waals surface area (Å²) in [6, 6.07) is 1.86. The minimum Gasteiger partial charge on any atom is -0.478 e. The van der Waals surface area contributed by atoms with Crippen LogP contribution >= 0.6 is 11.6 Å². The molecule has 1 aliphatic rings. The molecule has 0 atom stereocenters. The zero-order chi connectivity index (χ0) is 15.6. The average Bonchev–Trinajstić information content (AvgIpc) is 2.91. The topological polar surface area (TPSA) is 74.7 Å². The molecule has 1 heterocycles. The highest BCUT2D eigenvalue weighted by molar-refractivity contribution is 7.91. The highest BCUT2D eigenvalue weighted by Gasteiger charge is 2.26. The number of aromatic carboxylic acids is 1. The van der Waals surface area contributed by atoms with Gasteiger partial charge in [0.15, 0.2) is 15.7 Å². The molecule has 0 aromatic heterocycles. The monoisotopic (exact) mass is 335 g/mol. The van der Waals surface area contributed by atoms with Gasteiger partial charge >= 0.3 is 5.97 Å². The van der Waals surface area contributed by atoms with E-state index in [4.69, 9.17) is 16.7 Å². The van der Waals surface area contributed by atoms with Crippen molar-refractivity contribution >= 4 is 27.4 Å². The number of rotatable bonds is 5. The van der Waals surface area contributed by atoms with Crippen LogP contribution in [0.25, 0.3) is 0 Å². The van der Waals surface area contributed by atoms with Crippen LogP contribution in [0.15, 0.2) is 17.0 Å². The molecule has 1 aromatic carbocycles. The molecule has 1 N–H and O–H groups in total. The van der Waals surface area contributed by atoms with Gasteiger partial charge in [0.05, 0.1) is 11.3 Å². The summed E-state index contributed by atoms with van der Waals surface area (Å²) in [4.78, 5) is 12.3. The smallest absolute Gasteiger partial charge is 0.338 e. The van der Waals surface area contributed by atoms with Gasteiger partial charge in [-0.25, -0.2) is 17.6 Å². The molecular formula is C13H15ClFNO4S. The molecular weight excluding hydrogens is 321 g/mol. The average molecular weight is 336 g/mol. The maximum atomic E-state index is 14.1. The summed E-state index contributed by atoms with van der Waals surface area (Å²) in [7, 11) is -3.92. The van der Waals surface area contributed by atoms with E-state index in [-0.39, 0.29) is 10.8 Å². The van der Waals surface area contributed by atoms with Crippen LogP contribution in [-0.4, -0.2) is 49.8 Å². The van der Waals surface area contributed by atoms with E-state index < -0.39 is 32.1 Å². The van der Waals surface area contributed by atoms with E-state index in [9.17, 15) is 17.6 Å². The van der Waals surface area contributed by atoms with Crippen molar-refractivity contribution in [1.29, 1.82) is 0 Å². The van der Waals surface area contributed by atoms with Gasteiger partial charge in [0.1, 0.15) is 4.90 Å². The van der Waals surface area contributed by atoms with Gasteiger partial charge in [-0.05, 0) is 38.1 Å². The Balaban J connectivity index is 2.28. The third-order valence-electron chi connectivity index (χ3n) is 3.44. The molecule has 116 valence electrons. The minimum atomic E-state index is -3.92. The maximum absolute atomic E-state index is 14.1. The van der Waals surface area contributed by atoms with Crippen molar-refractivity contribution in [2.24, 2.45) is 0 Å². The van der Waals surface area contributed by atoms with Crippen LogP contribution in [0.2, 0.25) is 5.02 Å². The number of nitrogens with zero attached hydrogens (tertiary/aromatic N) is 1. The van der Waals surface area contributed by atoms with Gasteiger partial charge in [-0.15, -0.1) is 0 Å². The molecule has 0 saturated carbocycles. The van der Waals surface area contributed by atoms with Crippen LogP contribution in [0.5, 0.6) is 0 Å². The number of benzene rings is 1. The Morgan fingerprint density at radius 1 is 1.33 bits per heavy atom. The second-order valence-electron chi connectivity index (χ2n) is 4.94. The molecule has 1 aromatic rings. The largest absolute Gasteiger partial charge is 0.478 e. The quantitative estimate of drug-likeness (QED) is 0.891. The van der Waals surface area contributed by atoms with Gasteiger partial charge in [0.2, 0.25) is 0 Å². The first-order valence-electron chi connectivity index (χ1n) is 6.49. The van der Waals surface area contributed by atoms with Crippen LogP contribution < -0.4 is 0 Å². The van der Waals surface area contributed by atoms with Crippen LogP contribution in [-0.2, 0) is 9.84 Å². The molecule has 1 aliphatic heterocycles. The fourth-order valence-electron chi connectivity index (χ4n) is 2.31. The highest BCUT2D eigenvalue weighted by Crippen LogP contribution is 2.25. The molecule has 5 nitrogen and oxygen atoms in total. The first-order chi connectivity index (χ1) is 9.81. The van der Waals surface area contributed by atoms with Crippen molar-refractivity contribution in [1.82, 2.24) is 4.90 Å². The van der Waals surface area contributed by atoms with Crippen LogP contribution in [0, 0.1) is 5.82 Å². The molecule has 0 unspecified atom stereocenters. The number of hydrogen-bond donors (Lipinski definition) is 1. The van der Waals surface area contributed by atoms with Crippen molar-refractivity contribution in [2.45, 2.75) is 17.7 Å². The van der Waals surface area contributed by atoms with Gasteiger partial charge in [-0.1, -0.05) is 11.6 Å². The number of carbonyl (C=O) groups is 1. The van der Waals surface area contributed by atoms with Gasteiger partial charge in [-0.3, -0.25) is 0 Å². The standard InChI is InChI=1S/C13H15ClFNO4S/c14-9-7-10(13(17)18)12(15)11(8-9)21(19,20)6-5-16-3-1-2-4-16/h7-8H,1-6H2,(H,17,18). The number of carboxylic acids is 1. The Bertz CT molecular complexity index is 656. The molecule has 21 heavy (non-hydrogen) atoms. The molecule has 0 bridgehead atoms. The van der Waals surface area contributed by atoms with Crippen LogP contribution in [0.1, 0.15) is 23.2 Å². The summed E-state index contributed by atoms with van der Waals surface area (Å²) in [5, 5.41) is 8.76. The zero-order valence-corrected chi connectivity index (χ0v) is 12.8. The predicted molar refractivity (Wildman–Crippen MR) is 76.1 cm³/mol. The van der Waals surface area contributed by atoms with Gasteiger partial charge in [-0.2, -0.15) is 0 Å². The molecule has 0 amide bonds. The summed E-state index contributed by atoms with van der Waals surface area (Å²) in [5.74, 6) is -3.07. The predicted octanol–water partition coefficient (Wildman–Crippen LogP) is 2.05. The number of carboxylic acid groups (broad SMARTS) is 1. The fraction of sp³-hybridized carbons (Fsp3) is 0.462. The first kappa shape index (κ1) is 16.2. The Labute approximate surface area is 127 Å². The van der Waals surface area contributed by atoms with Crippen LogP contribution in [0.3, 0.4) is 0 Å². The van der Waals surface area contributed by atoms with E-state index in [1.54, 1.807) is 0 Å². The van der Waals surface area contributed by atoms with E-state index >= 15 is 0 Å². The second kappa shape index (κ2) is 6.29. The molecule has 2 rings (SSSR count). The van der Waals surface area contributed by atoms with E-state index in [0.29, 0.717) is 6.54 Å². The zero-order valence-electron chi connectivity index (χ0n) is 11.2. The van der Waals surface area contributed by atoms with Gasteiger partial charge < -0.3 is 10.0 Å². The normalized spacial score (nSPS) is 16.3. The summed E-state index contributed by atoms with van der Waals surface area (Å²) < 4.78 is 38.5. The number of sulfone groups is 1. The van der Waals surface area contributed by atoms with E-state index in [1.165, 1.54) is 0 Å². The Hall–Kier alpha value is -1.18. The van der Waals surface area contributed by atoms with E-state index in [2.05, 4.69) is 0 Å². The van der Waals surface area contributed by atoms with Crippen molar-refractivity contribution in [3.05, 3.63) is 28.5 Å². The summed E-state index contributed by atoms with van der Waals surface area (Å²) in [6.45, 7) is 1.96. The Morgan fingerprint density at radius 3 is 2.52 bits per heavy atom. The SMILES string of the molecule is O=C(O)c1cc(Cl)cc(S(=O)(=O)CCN2CCCC2)c1F. The summed E-state index contributed by atoms with van der Waals surface area (Å²) in [6.07, 6.45) is 2.05. The van der Waals surface area contributed by atoms with E-state index in [1.807, 2.05) is 4.90 Å². The Kier molecular flexibility index (Phi) is 4.85. The molecule has 0 radical (unpaired) electrons. The van der Waals surface area contributed by atoms with Crippen molar-refractivity contribution in [3.8, 4) is 0 Å². The second-order valence-corrected chi connectivity index (χ2v) is 7.45. The molecule has 1 saturated heterocycles. The fourth-order valence-corrected chi connectivity index (χ4v) is 4.00. The lowest BCUT2D eigenvalue weighted by atomic mass is 10.2. The lowest BCUT2D eigenvalue weighted by Gasteiger charge is -2.15. The molecule has 0 spiro atoms.